The van der Waals surface area contributed by atoms with Crippen LogP contribution in [0.25, 0.3) is 0 Å². The van der Waals surface area contributed by atoms with E-state index in [2.05, 4.69) is 28.2 Å². The molecule has 11 amide bonds. The van der Waals surface area contributed by atoms with Gasteiger partial charge in [0.05, 0.1) is 44.8 Å². The van der Waals surface area contributed by atoms with Gasteiger partial charge in [-0.1, -0.05) is 76.8 Å². The van der Waals surface area contributed by atoms with Crippen LogP contribution in [0.15, 0.2) is 24.3 Å². The molecule has 0 aromatic heterocycles. The molecule has 1 aliphatic heterocycles. The molecule has 1 aromatic rings. The van der Waals surface area contributed by atoms with Crippen molar-refractivity contribution in [2.45, 2.75) is 170 Å². The van der Waals surface area contributed by atoms with Crippen molar-refractivity contribution in [3.63, 3.8) is 0 Å². The number of aliphatic hydroxyl groups is 7. The second kappa shape index (κ2) is 33.8. The summed E-state index contributed by atoms with van der Waals surface area (Å²) in [7, 11) is 0. The topological polar surface area (TPSA) is 524 Å². The average Bonchev–Trinajstić information content (AvgIpc) is 3.37. The number of aromatic hydroxyl groups is 1. The number of unbranched alkanes of at least 4 members (excludes halogenated alkanes) is 8. The lowest BCUT2D eigenvalue weighted by Gasteiger charge is -2.30. The summed E-state index contributed by atoms with van der Waals surface area (Å²) in [5, 5.41) is 102. The molecule has 0 bridgehead atoms. The smallest absolute Gasteiger partial charge is 0.248 e. The van der Waals surface area contributed by atoms with E-state index in [0.717, 1.165) is 69.2 Å². The molecule has 12 atom stereocenters. The lowest BCUT2D eigenvalue weighted by molar-refractivity contribution is -0.140. The van der Waals surface area contributed by atoms with Crippen molar-refractivity contribution in [1.82, 2.24) is 42.5 Å². The molecule has 1 aliphatic rings. The summed E-state index contributed by atoms with van der Waals surface area (Å²) in [5.74, 6) is -15.5. The Bertz CT molecular complexity index is 2170. The molecule has 77 heavy (non-hydrogen) atoms. The summed E-state index contributed by atoms with van der Waals surface area (Å²) < 4.78 is 0. The molecule has 2 rings (SSSR count). The third-order valence-corrected chi connectivity index (χ3v) is 12.2. The van der Waals surface area contributed by atoms with Crippen LogP contribution in [0.3, 0.4) is 0 Å². The Balaban J connectivity index is 2.68. The number of aliphatic hydroxyl groups excluding tert-OH is 7. The Morgan fingerprint density at radius 2 is 1.03 bits per heavy atom. The lowest BCUT2D eigenvalue weighted by atomic mass is 9.95. The fraction of sp³-hybridized carbons (Fsp3) is 0.638. The van der Waals surface area contributed by atoms with Crippen LogP contribution in [0.4, 0.5) is 0 Å². The standard InChI is InChI=1S/C47H75N11O19/c1-2-3-4-5-6-7-8-9-10-11-30(62)39(69)31(63)16-24-17-34(66)54-28(21-59)44(74)57-36(38(68)23-12-14-25(61)15-13-23)47(77)55-26(18-32(48)64)42(72)51-20-35(67)53-27(19-33(49)65)43(73)56-29(22-60)45(75)58-37(46(76)52-24)40(70)41(50)71/h12-15,24,26-31,36-40,59-63,68-70H,2-11,16-22H2,1H3,(H2,48,64)(H2,49,65)(H2,50,71)(H,51,72)(H,52,76)(H,53,67)(H,54,66)(H,55,77)(H,56,73)(H,57,74)(H,58,75)/t24?,26-,27+,28?,29?,30?,31?,36?,37+,38?,39?,40+/m1/s1. The zero-order valence-electron chi connectivity index (χ0n) is 42.6. The predicted molar refractivity (Wildman–Crippen MR) is 266 cm³/mol. The fourth-order valence-electron chi connectivity index (χ4n) is 7.87. The number of nitrogens with one attached hydrogen (secondary N) is 8. The van der Waals surface area contributed by atoms with Crippen molar-refractivity contribution in [2.24, 2.45) is 17.2 Å². The molecular formula is C47H75N11O19. The maximum absolute atomic E-state index is 14.0. The first-order valence-electron chi connectivity index (χ1n) is 25.0. The SMILES string of the molecule is CCCCCCCCCCCC(O)C(O)C(O)CC1CC(=O)NC(CO)C(=O)NC(C(O)c2ccc(O)cc2)C(=O)N[C@H](CC(N)=O)C(=O)NCC(=O)N[C@@H](CC(N)=O)C(=O)NC(CO)C(=O)N[C@@H]([C@H](O)C(N)=O)C(=O)N1. The molecule has 1 saturated heterocycles. The van der Waals surface area contributed by atoms with Crippen LogP contribution < -0.4 is 59.7 Å². The summed E-state index contributed by atoms with van der Waals surface area (Å²) in [6.45, 7) is -1.53. The van der Waals surface area contributed by atoms with Gasteiger partial charge in [-0.15, -0.1) is 0 Å². The number of hydrogen-bond acceptors (Lipinski definition) is 19. The van der Waals surface area contributed by atoms with Crippen molar-refractivity contribution in [3.8, 4) is 5.75 Å². The number of hydrogen-bond donors (Lipinski definition) is 19. The van der Waals surface area contributed by atoms with Crippen molar-refractivity contribution in [2.75, 3.05) is 19.8 Å². The summed E-state index contributed by atoms with van der Waals surface area (Å²) in [4.78, 5) is 145. The first-order chi connectivity index (χ1) is 36.3. The van der Waals surface area contributed by atoms with Gasteiger partial charge in [0.15, 0.2) is 6.10 Å². The maximum atomic E-state index is 14.0. The van der Waals surface area contributed by atoms with Gasteiger partial charge in [-0.2, -0.15) is 0 Å². The van der Waals surface area contributed by atoms with Crippen LogP contribution in [0, 0.1) is 0 Å². The average molecular weight is 1100 g/mol. The molecule has 8 unspecified atom stereocenters. The number of carbonyl (C=O) groups excluding carboxylic acids is 11. The highest BCUT2D eigenvalue weighted by atomic mass is 16.4. The fourth-order valence-corrected chi connectivity index (χ4v) is 7.87. The summed E-state index contributed by atoms with van der Waals surface area (Å²) >= 11 is 0. The monoisotopic (exact) mass is 1100 g/mol. The molecule has 0 aliphatic carbocycles. The molecule has 0 spiro atoms. The Morgan fingerprint density at radius 3 is 1.56 bits per heavy atom. The van der Waals surface area contributed by atoms with Crippen molar-refractivity contribution in [3.05, 3.63) is 29.8 Å². The van der Waals surface area contributed by atoms with E-state index in [-0.39, 0.29) is 17.7 Å². The van der Waals surface area contributed by atoms with Crippen LogP contribution >= 0.6 is 0 Å². The molecule has 30 heteroatoms. The first-order valence-corrected chi connectivity index (χ1v) is 25.0. The summed E-state index contributed by atoms with van der Waals surface area (Å²) in [6.07, 6.45) is -5.59. The number of carbonyl (C=O) groups is 11. The van der Waals surface area contributed by atoms with E-state index in [0.29, 0.717) is 12.8 Å². The summed E-state index contributed by atoms with van der Waals surface area (Å²) in [6, 6.07) is -10.1. The van der Waals surface area contributed by atoms with Gasteiger partial charge < -0.3 is 101 Å². The third kappa shape index (κ3) is 23.4. The highest BCUT2D eigenvalue weighted by Gasteiger charge is 2.39. The second-order valence-electron chi connectivity index (χ2n) is 18.5. The maximum Gasteiger partial charge on any atom is 0.248 e. The van der Waals surface area contributed by atoms with Gasteiger partial charge in [-0.25, -0.2) is 0 Å². The minimum absolute atomic E-state index is 0.00936. The molecule has 432 valence electrons. The van der Waals surface area contributed by atoms with Crippen LogP contribution in [-0.4, -0.2) is 192 Å². The first kappa shape index (κ1) is 66.0. The van der Waals surface area contributed by atoms with Crippen LogP contribution in [-0.2, 0) is 52.7 Å². The van der Waals surface area contributed by atoms with Gasteiger partial charge in [-0.05, 0) is 30.5 Å². The van der Waals surface area contributed by atoms with Crippen LogP contribution in [0.1, 0.15) is 108 Å². The highest BCUT2D eigenvalue weighted by molar-refractivity contribution is 6.00. The summed E-state index contributed by atoms with van der Waals surface area (Å²) in [5.41, 5.74) is 15.7. The van der Waals surface area contributed by atoms with Crippen LogP contribution in [0.2, 0.25) is 0 Å². The molecule has 22 N–H and O–H groups in total. The molecule has 1 aromatic carbocycles. The Morgan fingerprint density at radius 1 is 0.558 bits per heavy atom. The van der Waals surface area contributed by atoms with E-state index >= 15 is 0 Å². The molecule has 1 heterocycles. The van der Waals surface area contributed by atoms with E-state index in [1.54, 1.807) is 0 Å². The van der Waals surface area contributed by atoms with Gasteiger partial charge in [0, 0.05) is 12.5 Å². The van der Waals surface area contributed by atoms with Crippen molar-refractivity contribution >= 4 is 65.0 Å². The second-order valence-corrected chi connectivity index (χ2v) is 18.5. The van der Waals surface area contributed by atoms with Crippen molar-refractivity contribution in [1.29, 1.82) is 0 Å². The zero-order chi connectivity index (χ0) is 57.9. The quantitative estimate of drug-likeness (QED) is 0.0428. The normalized spacial score (nSPS) is 24.0. The van der Waals surface area contributed by atoms with Gasteiger partial charge in [0.25, 0.3) is 0 Å². The Kier molecular flexibility index (Phi) is 29.0. The predicted octanol–water partition coefficient (Wildman–Crippen LogP) is -7.69. The van der Waals surface area contributed by atoms with Gasteiger partial charge >= 0.3 is 0 Å². The Hall–Kier alpha value is -7.09. The van der Waals surface area contributed by atoms with E-state index < -0.39 is 183 Å². The molecular weight excluding hydrogens is 1020 g/mol. The zero-order valence-corrected chi connectivity index (χ0v) is 42.6. The number of rotatable bonds is 24. The third-order valence-electron chi connectivity index (χ3n) is 12.2. The Labute approximate surface area is 442 Å². The largest absolute Gasteiger partial charge is 0.508 e. The molecule has 30 nitrogen and oxygen atoms in total. The number of phenolic OH excluding ortho intramolecular Hbond substituents is 1. The van der Waals surface area contributed by atoms with Gasteiger partial charge in [0.2, 0.25) is 65.0 Å². The van der Waals surface area contributed by atoms with Gasteiger partial charge in [-0.3, -0.25) is 52.7 Å². The van der Waals surface area contributed by atoms with E-state index in [1.165, 1.54) is 0 Å². The number of nitrogens with two attached hydrogens (primary N) is 3. The molecule has 0 saturated carbocycles. The lowest BCUT2D eigenvalue weighted by Crippen LogP contribution is -2.63. The minimum Gasteiger partial charge on any atom is -0.508 e. The number of primary amides is 3. The molecule has 0 radical (unpaired) electrons. The van der Waals surface area contributed by atoms with E-state index in [1.807, 2.05) is 21.3 Å². The molecule has 1 fully saturated rings. The van der Waals surface area contributed by atoms with E-state index in [9.17, 15) is 93.6 Å². The van der Waals surface area contributed by atoms with Crippen molar-refractivity contribution < 1.29 is 93.6 Å². The highest BCUT2D eigenvalue weighted by Crippen LogP contribution is 2.21. The number of phenols is 1. The van der Waals surface area contributed by atoms with Gasteiger partial charge in [0.1, 0.15) is 54.2 Å². The number of benzene rings is 1. The minimum atomic E-state index is -2.62. The van der Waals surface area contributed by atoms with Crippen LogP contribution in [0.5, 0.6) is 5.75 Å². The van der Waals surface area contributed by atoms with E-state index in [4.69, 9.17) is 17.2 Å². The number of amides is 11.